The van der Waals surface area contributed by atoms with Crippen LogP contribution in [0, 0.1) is 6.92 Å². The van der Waals surface area contributed by atoms with Crippen LogP contribution >= 0.6 is 0 Å². The zero-order valence-electron chi connectivity index (χ0n) is 22.5. The predicted molar refractivity (Wildman–Crippen MR) is 151 cm³/mol. The Labute approximate surface area is 221 Å². The molecule has 0 atom stereocenters. The second-order valence-electron chi connectivity index (χ2n) is 9.30. The maximum absolute atomic E-state index is 5.85. The Morgan fingerprint density at radius 3 is 2.41 bits per heavy atom. The van der Waals surface area contributed by atoms with Crippen molar-refractivity contribution in [1.82, 2.24) is 9.80 Å². The summed E-state index contributed by atoms with van der Waals surface area (Å²) in [4.78, 5) is 4.64. The molecule has 0 fully saturated rings. The number of rotatable bonds is 11. The topological polar surface area (TPSA) is 34.2 Å². The van der Waals surface area contributed by atoms with Crippen LogP contribution in [-0.2, 0) is 13.1 Å². The second kappa shape index (κ2) is 12.5. The Morgan fingerprint density at radius 1 is 0.946 bits per heavy atom. The Bertz CT molecular complexity index is 1250. The lowest BCUT2D eigenvalue weighted by Crippen LogP contribution is -2.30. The first-order chi connectivity index (χ1) is 18.0. The first kappa shape index (κ1) is 26.4. The number of hydrogen-bond acceptors (Lipinski definition) is 5. The van der Waals surface area contributed by atoms with Gasteiger partial charge in [0.25, 0.3) is 0 Å². The number of likely N-dealkylation sites (N-methyl/N-ethyl adjacent to an activating group) is 1. The van der Waals surface area contributed by atoms with Crippen LogP contribution in [0.3, 0.4) is 0 Å². The third kappa shape index (κ3) is 6.75. The van der Waals surface area contributed by atoms with Crippen molar-refractivity contribution in [2.45, 2.75) is 33.9 Å². The van der Waals surface area contributed by atoms with Crippen molar-refractivity contribution in [3.63, 3.8) is 0 Å². The summed E-state index contributed by atoms with van der Waals surface area (Å²) in [6, 6.07) is 23.0. The zero-order valence-corrected chi connectivity index (χ0v) is 22.5. The van der Waals surface area contributed by atoms with Crippen LogP contribution in [0.25, 0.3) is 5.70 Å². The van der Waals surface area contributed by atoms with Gasteiger partial charge in [0, 0.05) is 43.6 Å². The smallest absolute Gasteiger partial charge is 0.161 e. The molecule has 3 aromatic rings. The summed E-state index contributed by atoms with van der Waals surface area (Å²) >= 11 is 0. The lowest BCUT2D eigenvalue weighted by molar-refractivity contribution is 0.171. The summed E-state index contributed by atoms with van der Waals surface area (Å²) in [6.45, 7) is 14.8. The number of allylic oxidation sites excluding steroid dienone is 1. The molecule has 194 valence electrons. The van der Waals surface area contributed by atoms with E-state index in [9.17, 15) is 0 Å². The van der Waals surface area contributed by atoms with Crippen molar-refractivity contribution in [1.29, 1.82) is 0 Å². The Morgan fingerprint density at radius 2 is 1.68 bits per heavy atom. The standard InChI is InChI=1S/C32H38N2O3/c1-6-28(33(5)25(4)30-14-9-8-11-24(30)3)23-34(21-26-12-10-13-29(19-26)35-7-2)22-27-15-16-31-32(20-27)37-18-17-36-31/h6,8-16,19-20H,4,7,17-18,21-23H2,1-3,5H3/b28-6-. The van der Waals surface area contributed by atoms with E-state index in [0.29, 0.717) is 19.8 Å². The maximum atomic E-state index is 5.85. The highest BCUT2D eigenvalue weighted by atomic mass is 16.6. The summed E-state index contributed by atoms with van der Waals surface area (Å²) in [6.07, 6.45) is 2.18. The monoisotopic (exact) mass is 498 g/mol. The third-order valence-corrected chi connectivity index (χ3v) is 6.64. The van der Waals surface area contributed by atoms with E-state index < -0.39 is 0 Å². The molecule has 0 spiro atoms. The molecule has 0 amide bonds. The van der Waals surface area contributed by atoms with E-state index in [-0.39, 0.29) is 0 Å². The molecule has 5 nitrogen and oxygen atoms in total. The Kier molecular flexibility index (Phi) is 8.91. The van der Waals surface area contributed by atoms with Crippen LogP contribution in [0.5, 0.6) is 17.2 Å². The molecule has 4 rings (SSSR count). The van der Waals surface area contributed by atoms with Gasteiger partial charge in [-0.1, -0.05) is 55.1 Å². The molecule has 37 heavy (non-hydrogen) atoms. The minimum atomic E-state index is 0.582. The first-order valence-corrected chi connectivity index (χ1v) is 12.9. The van der Waals surface area contributed by atoms with Gasteiger partial charge < -0.3 is 19.1 Å². The average Bonchev–Trinajstić information content (AvgIpc) is 2.91. The van der Waals surface area contributed by atoms with Crippen LogP contribution in [0.2, 0.25) is 0 Å². The molecule has 0 aromatic heterocycles. The van der Waals surface area contributed by atoms with Crippen LogP contribution in [0.15, 0.2) is 85.1 Å². The lowest BCUT2D eigenvalue weighted by atomic mass is 10.1. The van der Waals surface area contributed by atoms with Crippen molar-refractivity contribution in [3.8, 4) is 17.2 Å². The van der Waals surface area contributed by atoms with Crippen molar-refractivity contribution < 1.29 is 14.2 Å². The van der Waals surface area contributed by atoms with E-state index >= 15 is 0 Å². The van der Waals surface area contributed by atoms with Crippen molar-refractivity contribution in [3.05, 3.63) is 107 Å². The molecule has 1 heterocycles. The van der Waals surface area contributed by atoms with Gasteiger partial charge in [-0.05, 0) is 61.7 Å². The molecular weight excluding hydrogens is 460 g/mol. The SMILES string of the molecule is C=C(c1ccccc1C)N(C)/C(=C\C)CN(Cc1cccc(OCC)c1)Cc1ccc2c(c1)OCCO2. The summed E-state index contributed by atoms with van der Waals surface area (Å²) in [5, 5.41) is 0. The fourth-order valence-electron chi connectivity index (χ4n) is 4.64. The minimum absolute atomic E-state index is 0.582. The Hall–Kier alpha value is -3.70. The molecule has 5 heteroatoms. The van der Waals surface area contributed by atoms with E-state index in [2.05, 4.69) is 97.9 Å². The highest BCUT2D eigenvalue weighted by Gasteiger charge is 2.18. The molecule has 1 aliphatic heterocycles. The molecule has 0 bridgehead atoms. The number of aryl methyl sites for hydroxylation is 1. The number of nitrogens with zero attached hydrogens (tertiary/aromatic N) is 2. The fraction of sp³-hybridized carbons (Fsp3) is 0.312. The molecule has 3 aromatic carbocycles. The summed E-state index contributed by atoms with van der Waals surface area (Å²) in [5.74, 6) is 2.53. The van der Waals surface area contributed by atoms with Gasteiger partial charge in [0.1, 0.15) is 19.0 Å². The first-order valence-electron chi connectivity index (χ1n) is 12.9. The van der Waals surface area contributed by atoms with Gasteiger partial charge in [-0.25, -0.2) is 0 Å². The van der Waals surface area contributed by atoms with E-state index in [1.165, 1.54) is 22.4 Å². The largest absolute Gasteiger partial charge is 0.494 e. The summed E-state index contributed by atoms with van der Waals surface area (Å²) < 4.78 is 17.3. The van der Waals surface area contributed by atoms with Gasteiger partial charge >= 0.3 is 0 Å². The molecule has 0 aliphatic carbocycles. The molecular formula is C32H38N2O3. The van der Waals surface area contributed by atoms with Crippen LogP contribution in [-0.4, -0.2) is 43.2 Å². The maximum Gasteiger partial charge on any atom is 0.161 e. The number of benzene rings is 3. The van der Waals surface area contributed by atoms with E-state index in [0.717, 1.165) is 48.1 Å². The number of ether oxygens (including phenoxy) is 3. The van der Waals surface area contributed by atoms with Crippen molar-refractivity contribution in [2.75, 3.05) is 33.4 Å². The quantitative estimate of drug-likeness (QED) is 0.295. The van der Waals surface area contributed by atoms with Crippen molar-refractivity contribution in [2.24, 2.45) is 0 Å². The van der Waals surface area contributed by atoms with Gasteiger partial charge in [0.2, 0.25) is 0 Å². The number of fused-ring (bicyclic) bond motifs is 1. The van der Waals surface area contributed by atoms with Gasteiger partial charge in [-0.3, -0.25) is 4.90 Å². The number of hydrogen-bond donors (Lipinski definition) is 0. The predicted octanol–water partition coefficient (Wildman–Crippen LogP) is 6.67. The van der Waals surface area contributed by atoms with Gasteiger partial charge in [-0.15, -0.1) is 0 Å². The van der Waals surface area contributed by atoms with Gasteiger partial charge in [0.05, 0.1) is 6.61 Å². The summed E-state index contributed by atoms with van der Waals surface area (Å²) in [5.41, 5.74) is 6.94. The van der Waals surface area contributed by atoms with Crippen LogP contribution in [0.4, 0.5) is 0 Å². The van der Waals surface area contributed by atoms with Crippen LogP contribution in [0.1, 0.15) is 36.1 Å². The highest BCUT2D eigenvalue weighted by Crippen LogP contribution is 2.32. The van der Waals surface area contributed by atoms with E-state index in [1.807, 2.05) is 19.1 Å². The normalized spacial score (nSPS) is 12.9. The van der Waals surface area contributed by atoms with E-state index in [1.54, 1.807) is 0 Å². The second-order valence-corrected chi connectivity index (χ2v) is 9.30. The molecule has 0 N–H and O–H groups in total. The van der Waals surface area contributed by atoms with Gasteiger partial charge in [0.15, 0.2) is 11.5 Å². The molecule has 0 saturated carbocycles. The molecule has 0 saturated heterocycles. The lowest BCUT2D eigenvalue weighted by Gasteiger charge is -2.31. The third-order valence-electron chi connectivity index (χ3n) is 6.64. The zero-order chi connectivity index (χ0) is 26.2. The van der Waals surface area contributed by atoms with Gasteiger partial charge in [-0.2, -0.15) is 0 Å². The molecule has 0 unspecified atom stereocenters. The highest BCUT2D eigenvalue weighted by molar-refractivity contribution is 5.66. The van der Waals surface area contributed by atoms with Crippen LogP contribution < -0.4 is 14.2 Å². The molecule has 0 radical (unpaired) electrons. The average molecular weight is 499 g/mol. The fourth-order valence-corrected chi connectivity index (χ4v) is 4.64. The van der Waals surface area contributed by atoms with Crippen molar-refractivity contribution >= 4 is 5.70 Å². The van der Waals surface area contributed by atoms with E-state index in [4.69, 9.17) is 14.2 Å². The summed E-state index contributed by atoms with van der Waals surface area (Å²) in [7, 11) is 2.10. The Balaban J connectivity index is 1.58. The molecule has 1 aliphatic rings. The minimum Gasteiger partial charge on any atom is -0.494 e.